The Hall–Kier alpha value is -2.47. The molecule has 5 nitrogen and oxygen atoms in total. The molecule has 2 aromatic carbocycles. The zero-order valence-electron chi connectivity index (χ0n) is 17.4. The van der Waals surface area contributed by atoms with Crippen LogP contribution in [0.2, 0.25) is 0 Å². The van der Waals surface area contributed by atoms with Crippen LogP contribution < -0.4 is 5.32 Å². The number of amides is 2. The highest BCUT2D eigenvalue weighted by Gasteiger charge is 2.31. The van der Waals surface area contributed by atoms with E-state index in [2.05, 4.69) is 50.4 Å². The summed E-state index contributed by atoms with van der Waals surface area (Å²) >= 11 is 1.77. The lowest BCUT2D eigenvalue weighted by molar-refractivity contribution is 0.0526. The van der Waals surface area contributed by atoms with Crippen LogP contribution in [0.25, 0.3) is 0 Å². The van der Waals surface area contributed by atoms with Gasteiger partial charge in [-0.15, -0.1) is 11.8 Å². The van der Waals surface area contributed by atoms with E-state index in [4.69, 9.17) is 4.74 Å². The van der Waals surface area contributed by atoms with Crippen molar-refractivity contribution in [2.45, 2.75) is 38.5 Å². The van der Waals surface area contributed by atoms with Gasteiger partial charge in [0.25, 0.3) is 0 Å². The summed E-state index contributed by atoms with van der Waals surface area (Å²) in [5.41, 5.74) is 3.64. The second-order valence-electron chi connectivity index (χ2n) is 8.02. The standard InChI is InChI=1S/C23H28N2O3S/c1-5-28-21(26)17-8-12-19(13-9-17)24-22(27)25-14-15-29-20(25)16-6-10-18(11-7-16)23(2,3)4/h6-13,20H,5,14-15H2,1-4H3,(H,24,27). The number of carbonyl (C=O) groups is 2. The number of rotatable bonds is 4. The Bertz CT molecular complexity index is 857. The van der Waals surface area contributed by atoms with Gasteiger partial charge in [-0.25, -0.2) is 9.59 Å². The van der Waals surface area contributed by atoms with E-state index < -0.39 is 0 Å². The van der Waals surface area contributed by atoms with Gasteiger partial charge in [-0.1, -0.05) is 45.0 Å². The van der Waals surface area contributed by atoms with Crippen molar-refractivity contribution in [3.8, 4) is 0 Å². The van der Waals surface area contributed by atoms with E-state index in [0.717, 1.165) is 11.3 Å². The fourth-order valence-corrected chi connectivity index (χ4v) is 4.46. The molecular weight excluding hydrogens is 384 g/mol. The zero-order valence-corrected chi connectivity index (χ0v) is 18.2. The molecule has 1 saturated heterocycles. The van der Waals surface area contributed by atoms with E-state index >= 15 is 0 Å². The number of ether oxygens (including phenoxy) is 1. The number of hydrogen-bond acceptors (Lipinski definition) is 4. The van der Waals surface area contributed by atoms with Gasteiger partial charge >= 0.3 is 12.0 Å². The summed E-state index contributed by atoms with van der Waals surface area (Å²) < 4.78 is 4.99. The maximum atomic E-state index is 12.9. The normalized spacial score (nSPS) is 16.6. The average Bonchev–Trinajstić information content (AvgIpc) is 3.18. The van der Waals surface area contributed by atoms with E-state index in [0.29, 0.717) is 24.4 Å². The molecule has 3 rings (SSSR count). The van der Waals surface area contributed by atoms with Crippen LogP contribution in [0, 0.1) is 0 Å². The highest BCUT2D eigenvalue weighted by Crippen LogP contribution is 2.38. The molecular formula is C23H28N2O3S. The molecule has 0 saturated carbocycles. The predicted octanol–water partition coefficient (Wildman–Crippen LogP) is 5.44. The Morgan fingerprint density at radius 3 is 2.34 bits per heavy atom. The minimum Gasteiger partial charge on any atom is -0.462 e. The number of hydrogen-bond donors (Lipinski definition) is 1. The predicted molar refractivity (Wildman–Crippen MR) is 118 cm³/mol. The number of urea groups is 1. The summed E-state index contributed by atoms with van der Waals surface area (Å²) in [5.74, 6) is 0.543. The lowest BCUT2D eigenvalue weighted by atomic mass is 9.87. The molecule has 0 bridgehead atoms. The number of benzene rings is 2. The molecule has 0 spiro atoms. The summed E-state index contributed by atoms with van der Waals surface area (Å²) in [5, 5.41) is 2.94. The summed E-state index contributed by atoms with van der Waals surface area (Å²) in [7, 11) is 0. The summed E-state index contributed by atoms with van der Waals surface area (Å²) in [6.45, 7) is 9.39. The smallest absolute Gasteiger partial charge is 0.338 e. The molecule has 1 atom stereocenters. The molecule has 0 radical (unpaired) electrons. The minimum atomic E-state index is -0.361. The molecule has 154 valence electrons. The summed E-state index contributed by atoms with van der Waals surface area (Å²) in [6.07, 6.45) is 0. The third kappa shape index (κ3) is 5.12. The Kier molecular flexibility index (Phi) is 6.52. The van der Waals surface area contributed by atoms with Crippen molar-refractivity contribution in [1.29, 1.82) is 0 Å². The van der Waals surface area contributed by atoms with Crippen LogP contribution in [0.1, 0.15) is 54.6 Å². The van der Waals surface area contributed by atoms with Gasteiger partial charge in [0.05, 0.1) is 12.2 Å². The molecule has 2 amide bonds. The fourth-order valence-electron chi connectivity index (χ4n) is 3.20. The molecule has 1 aliphatic heterocycles. The maximum absolute atomic E-state index is 12.9. The third-order valence-corrected chi connectivity index (χ3v) is 6.12. The quantitative estimate of drug-likeness (QED) is 0.679. The van der Waals surface area contributed by atoms with Crippen molar-refractivity contribution in [1.82, 2.24) is 4.90 Å². The molecule has 2 aromatic rings. The molecule has 1 unspecified atom stereocenters. The van der Waals surface area contributed by atoms with Gasteiger partial charge in [0, 0.05) is 18.0 Å². The Morgan fingerprint density at radius 2 is 1.76 bits per heavy atom. The van der Waals surface area contributed by atoms with E-state index in [1.807, 2.05) is 4.90 Å². The zero-order chi connectivity index (χ0) is 21.0. The Morgan fingerprint density at radius 1 is 1.10 bits per heavy atom. The van der Waals surface area contributed by atoms with Crippen molar-refractivity contribution in [3.05, 3.63) is 65.2 Å². The molecule has 1 fully saturated rings. The van der Waals surface area contributed by atoms with Crippen LogP contribution in [0.15, 0.2) is 48.5 Å². The lowest BCUT2D eigenvalue weighted by Crippen LogP contribution is -2.34. The number of anilines is 1. The Balaban J connectivity index is 1.68. The Labute approximate surface area is 176 Å². The minimum absolute atomic E-state index is 0.00261. The van der Waals surface area contributed by atoms with Gasteiger partial charge in [-0.3, -0.25) is 0 Å². The lowest BCUT2D eigenvalue weighted by Gasteiger charge is -2.25. The molecule has 29 heavy (non-hydrogen) atoms. The highest BCUT2D eigenvalue weighted by molar-refractivity contribution is 7.99. The second kappa shape index (κ2) is 8.91. The van der Waals surface area contributed by atoms with E-state index in [9.17, 15) is 9.59 Å². The van der Waals surface area contributed by atoms with Crippen LogP contribution in [-0.2, 0) is 10.2 Å². The fraction of sp³-hybridized carbons (Fsp3) is 0.391. The second-order valence-corrected chi connectivity index (χ2v) is 9.20. The van der Waals surface area contributed by atoms with Gasteiger partial charge < -0.3 is 15.0 Å². The van der Waals surface area contributed by atoms with E-state index in [1.165, 1.54) is 5.56 Å². The monoisotopic (exact) mass is 412 g/mol. The largest absolute Gasteiger partial charge is 0.462 e. The van der Waals surface area contributed by atoms with Crippen molar-refractivity contribution in [2.75, 3.05) is 24.2 Å². The number of nitrogens with one attached hydrogen (secondary N) is 1. The van der Waals surface area contributed by atoms with Gasteiger partial charge in [0.15, 0.2) is 0 Å². The molecule has 1 heterocycles. The summed E-state index contributed by atoms with van der Waals surface area (Å²) in [6, 6.07) is 15.2. The van der Waals surface area contributed by atoms with Crippen molar-refractivity contribution >= 4 is 29.4 Å². The van der Waals surface area contributed by atoms with Crippen molar-refractivity contribution < 1.29 is 14.3 Å². The van der Waals surface area contributed by atoms with E-state index in [1.54, 1.807) is 43.0 Å². The van der Waals surface area contributed by atoms with E-state index in [-0.39, 0.29) is 22.8 Å². The molecule has 0 aliphatic carbocycles. The van der Waals surface area contributed by atoms with Crippen LogP contribution in [0.5, 0.6) is 0 Å². The average molecular weight is 413 g/mol. The van der Waals surface area contributed by atoms with Gasteiger partial charge in [0.2, 0.25) is 0 Å². The number of nitrogens with zero attached hydrogens (tertiary/aromatic N) is 1. The van der Waals surface area contributed by atoms with Gasteiger partial charge in [-0.2, -0.15) is 0 Å². The van der Waals surface area contributed by atoms with Gasteiger partial charge in [-0.05, 0) is 47.7 Å². The number of thioether (sulfide) groups is 1. The molecule has 6 heteroatoms. The first-order chi connectivity index (χ1) is 13.8. The van der Waals surface area contributed by atoms with Gasteiger partial charge in [0.1, 0.15) is 5.37 Å². The molecule has 1 N–H and O–H groups in total. The van der Waals surface area contributed by atoms with Crippen LogP contribution in [0.3, 0.4) is 0 Å². The highest BCUT2D eigenvalue weighted by atomic mass is 32.2. The first-order valence-corrected chi connectivity index (χ1v) is 10.9. The maximum Gasteiger partial charge on any atom is 0.338 e. The van der Waals surface area contributed by atoms with Crippen molar-refractivity contribution in [3.63, 3.8) is 0 Å². The third-order valence-electron chi connectivity index (χ3n) is 4.86. The molecule has 0 aromatic heterocycles. The van der Waals surface area contributed by atoms with Crippen LogP contribution in [0.4, 0.5) is 10.5 Å². The topological polar surface area (TPSA) is 58.6 Å². The molecule has 1 aliphatic rings. The van der Waals surface area contributed by atoms with Crippen LogP contribution >= 0.6 is 11.8 Å². The first-order valence-electron chi connectivity index (χ1n) is 9.86. The number of carbonyl (C=O) groups excluding carboxylic acids is 2. The summed E-state index contributed by atoms with van der Waals surface area (Å²) in [4.78, 5) is 26.5. The first kappa shape index (κ1) is 21.2. The van der Waals surface area contributed by atoms with Crippen molar-refractivity contribution in [2.24, 2.45) is 0 Å². The van der Waals surface area contributed by atoms with Crippen LogP contribution in [-0.4, -0.2) is 35.8 Å². The number of esters is 1. The SMILES string of the molecule is CCOC(=O)c1ccc(NC(=O)N2CCSC2c2ccc(C(C)(C)C)cc2)cc1.